The number of hydrogen-bond acceptors (Lipinski definition) is 3. The second-order valence-electron chi connectivity index (χ2n) is 5.28. The van der Waals surface area contributed by atoms with Crippen molar-refractivity contribution in [1.29, 1.82) is 0 Å². The van der Waals surface area contributed by atoms with E-state index in [1.165, 1.54) is 43.5 Å². The van der Waals surface area contributed by atoms with Gasteiger partial charge in [0.25, 0.3) is 12.3 Å². The Bertz CT molecular complexity index is 750. The van der Waals surface area contributed by atoms with Gasteiger partial charge in [-0.15, -0.1) is 0 Å². The van der Waals surface area contributed by atoms with Crippen molar-refractivity contribution in [1.82, 2.24) is 10.3 Å². The molecule has 126 valence electrons. The lowest BCUT2D eigenvalue weighted by Crippen LogP contribution is -2.27. The third kappa shape index (κ3) is 4.58. The monoisotopic (exact) mass is 333 g/mol. The summed E-state index contributed by atoms with van der Waals surface area (Å²) in [6.07, 6.45) is -1.16. The molecule has 1 aromatic carbocycles. The quantitative estimate of drug-likeness (QED) is 0.880. The van der Waals surface area contributed by atoms with Gasteiger partial charge in [0.15, 0.2) is 0 Å². The number of carbonyl (C=O) groups excluding carboxylic acids is 2. The van der Waals surface area contributed by atoms with Crippen LogP contribution in [-0.4, -0.2) is 16.8 Å². The van der Waals surface area contributed by atoms with Crippen LogP contribution in [0.2, 0.25) is 0 Å². The number of aromatic nitrogens is 1. The molecule has 1 aromatic heterocycles. The van der Waals surface area contributed by atoms with Crippen molar-refractivity contribution in [2.75, 3.05) is 5.32 Å². The summed E-state index contributed by atoms with van der Waals surface area (Å²) in [5, 5.41) is 5.23. The average Bonchev–Trinajstić information content (AvgIpc) is 2.54. The lowest BCUT2D eigenvalue weighted by atomic mass is 10.0. The Labute approximate surface area is 138 Å². The molecule has 1 unspecified atom stereocenters. The van der Waals surface area contributed by atoms with Crippen LogP contribution in [-0.2, 0) is 4.79 Å². The van der Waals surface area contributed by atoms with E-state index < -0.39 is 12.5 Å². The largest absolute Gasteiger partial charge is 0.346 e. The Morgan fingerprint density at radius 2 is 1.83 bits per heavy atom. The molecule has 2 amide bonds. The van der Waals surface area contributed by atoms with Crippen molar-refractivity contribution in [3.8, 4) is 0 Å². The van der Waals surface area contributed by atoms with E-state index >= 15 is 0 Å². The van der Waals surface area contributed by atoms with E-state index in [2.05, 4.69) is 15.6 Å². The molecule has 0 fully saturated rings. The summed E-state index contributed by atoms with van der Waals surface area (Å²) in [5.74, 6) is -0.418. The average molecular weight is 333 g/mol. The molecule has 0 radical (unpaired) electrons. The van der Waals surface area contributed by atoms with Crippen LogP contribution in [0.3, 0.4) is 0 Å². The second-order valence-corrected chi connectivity index (χ2v) is 5.28. The predicted molar refractivity (Wildman–Crippen MR) is 85.8 cm³/mol. The summed E-state index contributed by atoms with van der Waals surface area (Å²) in [7, 11) is 0. The number of pyridine rings is 1. The van der Waals surface area contributed by atoms with E-state index in [0.717, 1.165) is 0 Å². The van der Waals surface area contributed by atoms with Crippen molar-refractivity contribution in [2.24, 2.45) is 0 Å². The fourth-order valence-electron chi connectivity index (χ4n) is 2.15. The van der Waals surface area contributed by atoms with Crippen molar-refractivity contribution >= 4 is 17.6 Å². The van der Waals surface area contributed by atoms with Gasteiger partial charge in [-0.25, -0.2) is 13.8 Å². The first-order chi connectivity index (χ1) is 11.4. The topological polar surface area (TPSA) is 71.1 Å². The number of nitrogens with zero attached hydrogens (tertiary/aromatic N) is 1. The van der Waals surface area contributed by atoms with Gasteiger partial charge in [-0.05, 0) is 30.7 Å². The van der Waals surface area contributed by atoms with Crippen LogP contribution in [0.4, 0.5) is 14.6 Å². The van der Waals surface area contributed by atoms with E-state index in [1.807, 2.05) is 0 Å². The Morgan fingerprint density at radius 1 is 1.12 bits per heavy atom. The van der Waals surface area contributed by atoms with Crippen molar-refractivity contribution in [2.45, 2.75) is 26.3 Å². The molecule has 2 rings (SSSR count). The molecule has 0 saturated heterocycles. The van der Waals surface area contributed by atoms with E-state index in [9.17, 15) is 18.4 Å². The highest BCUT2D eigenvalue weighted by Crippen LogP contribution is 2.22. The lowest BCUT2D eigenvalue weighted by Gasteiger charge is -2.15. The molecule has 0 saturated carbocycles. The summed E-state index contributed by atoms with van der Waals surface area (Å²) >= 11 is 0. The molecule has 2 aromatic rings. The molecule has 0 bridgehead atoms. The standard InChI is InChI=1S/C17H17F2N3O2/c1-10(12-4-3-5-13(8-12)16(18)19)21-17(24)14-6-7-20-15(9-14)22-11(2)23/h3-10,16H,1-2H3,(H,21,24)(H,20,22,23). The number of nitrogens with one attached hydrogen (secondary N) is 2. The Hall–Kier alpha value is -2.83. The minimum atomic E-state index is -2.56. The number of halogens is 2. The smallest absolute Gasteiger partial charge is 0.263 e. The highest BCUT2D eigenvalue weighted by atomic mass is 19.3. The van der Waals surface area contributed by atoms with Gasteiger partial charge in [0, 0.05) is 24.2 Å². The number of rotatable bonds is 5. The van der Waals surface area contributed by atoms with Crippen LogP contribution in [0.1, 0.15) is 47.8 Å². The third-order valence-electron chi connectivity index (χ3n) is 3.34. The SMILES string of the molecule is CC(=O)Nc1cc(C(=O)NC(C)c2cccc(C(F)F)c2)ccn1. The van der Waals surface area contributed by atoms with Gasteiger partial charge in [-0.2, -0.15) is 0 Å². The van der Waals surface area contributed by atoms with Crippen LogP contribution >= 0.6 is 0 Å². The second kappa shape index (κ2) is 7.63. The van der Waals surface area contributed by atoms with Gasteiger partial charge in [0.2, 0.25) is 5.91 Å². The summed E-state index contributed by atoms with van der Waals surface area (Å²) < 4.78 is 25.5. The fourth-order valence-corrected chi connectivity index (χ4v) is 2.15. The van der Waals surface area contributed by atoms with Crippen LogP contribution in [0.25, 0.3) is 0 Å². The summed E-state index contributed by atoms with van der Waals surface area (Å²) in [5.41, 5.74) is 0.799. The van der Waals surface area contributed by atoms with E-state index in [1.54, 1.807) is 13.0 Å². The third-order valence-corrected chi connectivity index (χ3v) is 3.34. The van der Waals surface area contributed by atoms with E-state index in [4.69, 9.17) is 0 Å². The zero-order valence-corrected chi connectivity index (χ0v) is 13.2. The van der Waals surface area contributed by atoms with Gasteiger partial charge in [-0.1, -0.05) is 18.2 Å². The number of anilines is 1. The number of carbonyl (C=O) groups is 2. The minimum Gasteiger partial charge on any atom is -0.346 e. The van der Waals surface area contributed by atoms with E-state index in [0.29, 0.717) is 11.1 Å². The molecule has 5 nitrogen and oxygen atoms in total. The van der Waals surface area contributed by atoms with Crippen LogP contribution in [0.15, 0.2) is 42.6 Å². The Balaban J connectivity index is 2.11. The molecular formula is C17H17F2N3O2. The minimum absolute atomic E-state index is 0.0922. The lowest BCUT2D eigenvalue weighted by molar-refractivity contribution is -0.114. The molecule has 0 aliphatic rings. The zero-order valence-electron chi connectivity index (χ0n) is 13.2. The number of benzene rings is 1. The highest BCUT2D eigenvalue weighted by Gasteiger charge is 2.14. The van der Waals surface area contributed by atoms with Crippen molar-refractivity contribution in [3.05, 3.63) is 59.3 Å². The van der Waals surface area contributed by atoms with E-state index in [-0.39, 0.29) is 23.2 Å². The molecule has 0 aliphatic heterocycles. The number of amides is 2. The summed E-state index contributed by atoms with van der Waals surface area (Å²) in [4.78, 5) is 27.3. The normalized spacial score (nSPS) is 11.9. The van der Waals surface area contributed by atoms with Crippen LogP contribution in [0, 0.1) is 0 Å². The summed E-state index contributed by atoms with van der Waals surface area (Å²) in [6, 6.07) is 8.40. The molecular weight excluding hydrogens is 316 g/mol. The van der Waals surface area contributed by atoms with Gasteiger partial charge in [0.05, 0.1) is 6.04 Å². The molecule has 1 atom stereocenters. The number of alkyl halides is 2. The molecule has 24 heavy (non-hydrogen) atoms. The maximum atomic E-state index is 12.8. The van der Waals surface area contributed by atoms with Crippen molar-refractivity contribution in [3.63, 3.8) is 0 Å². The first-order valence-corrected chi connectivity index (χ1v) is 7.29. The Kier molecular flexibility index (Phi) is 5.57. The summed E-state index contributed by atoms with van der Waals surface area (Å²) in [6.45, 7) is 3.05. The van der Waals surface area contributed by atoms with Gasteiger partial charge in [-0.3, -0.25) is 9.59 Å². The van der Waals surface area contributed by atoms with Gasteiger partial charge >= 0.3 is 0 Å². The van der Waals surface area contributed by atoms with Gasteiger partial charge < -0.3 is 10.6 Å². The Morgan fingerprint density at radius 3 is 2.50 bits per heavy atom. The molecule has 0 aliphatic carbocycles. The molecule has 0 spiro atoms. The first kappa shape index (κ1) is 17.5. The number of hydrogen-bond donors (Lipinski definition) is 2. The molecule has 1 heterocycles. The maximum absolute atomic E-state index is 12.8. The van der Waals surface area contributed by atoms with Crippen molar-refractivity contribution < 1.29 is 18.4 Å². The molecule has 7 heteroatoms. The van der Waals surface area contributed by atoms with Gasteiger partial charge in [0.1, 0.15) is 5.82 Å². The van der Waals surface area contributed by atoms with Crippen LogP contribution in [0.5, 0.6) is 0 Å². The maximum Gasteiger partial charge on any atom is 0.263 e. The first-order valence-electron chi connectivity index (χ1n) is 7.29. The van der Waals surface area contributed by atoms with Crippen LogP contribution < -0.4 is 10.6 Å². The zero-order chi connectivity index (χ0) is 17.7. The molecule has 2 N–H and O–H groups in total. The fraction of sp³-hybridized carbons (Fsp3) is 0.235. The highest BCUT2D eigenvalue weighted by molar-refractivity contribution is 5.96. The predicted octanol–water partition coefficient (Wildman–Crippen LogP) is 3.47.